The van der Waals surface area contributed by atoms with Gasteiger partial charge in [0.15, 0.2) is 0 Å². The molecule has 2 heterocycles. The number of carbonyl (C=O) groups excluding carboxylic acids is 2. The number of nitrogens with zero attached hydrogens (tertiary/aromatic N) is 3. The van der Waals surface area contributed by atoms with Gasteiger partial charge in [0, 0.05) is 30.4 Å². The quantitative estimate of drug-likeness (QED) is 0.860. The molecule has 7 heteroatoms. The van der Waals surface area contributed by atoms with Gasteiger partial charge in [-0.25, -0.2) is 9.48 Å². The summed E-state index contributed by atoms with van der Waals surface area (Å²) in [6.45, 7) is 7.32. The lowest BCUT2D eigenvalue weighted by Gasteiger charge is -2.31. The summed E-state index contributed by atoms with van der Waals surface area (Å²) in [5, 5.41) is 7.71. The van der Waals surface area contributed by atoms with E-state index < -0.39 is 0 Å². The average Bonchev–Trinajstić information content (AvgIpc) is 2.97. The predicted octanol–water partition coefficient (Wildman–Crippen LogP) is 2.77. The van der Waals surface area contributed by atoms with E-state index in [1.54, 1.807) is 11.8 Å². The van der Waals surface area contributed by atoms with Crippen LogP contribution in [0.25, 0.3) is 5.69 Å². The monoisotopic (exact) mass is 384 g/mol. The van der Waals surface area contributed by atoms with Crippen molar-refractivity contribution in [2.75, 3.05) is 19.7 Å². The molecule has 2 aromatic rings. The lowest BCUT2D eigenvalue weighted by atomic mass is 10.0. The molecule has 0 unspecified atom stereocenters. The first-order chi connectivity index (χ1) is 13.5. The van der Waals surface area contributed by atoms with Crippen LogP contribution < -0.4 is 5.32 Å². The van der Waals surface area contributed by atoms with Gasteiger partial charge in [0.25, 0.3) is 0 Å². The number of para-hydroxylation sites is 1. The number of aromatic nitrogens is 2. The summed E-state index contributed by atoms with van der Waals surface area (Å²) >= 11 is 0. The molecule has 0 spiro atoms. The standard InChI is InChI=1S/C21H28N4O3/c1-4-28-21(27)24-12-10-17(11-13-24)22-20(26)14-19-15(2)23-25(16(19)3)18-8-6-5-7-9-18/h5-9,17H,4,10-14H2,1-3H3,(H,22,26). The number of ether oxygens (including phenoxy) is 1. The third-order valence-electron chi connectivity index (χ3n) is 5.17. The molecule has 150 valence electrons. The minimum Gasteiger partial charge on any atom is -0.450 e. The number of amides is 2. The molecule has 0 aliphatic carbocycles. The summed E-state index contributed by atoms with van der Waals surface area (Å²) in [4.78, 5) is 26.1. The summed E-state index contributed by atoms with van der Waals surface area (Å²) in [7, 11) is 0. The molecule has 2 amide bonds. The topological polar surface area (TPSA) is 76.5 Å². The minimum atomic E-state index is -0.271. The highest BCUT2D eigenvalue weighted by atomic mass is 16.6. The lowest BCUT2D eigenvalue weighted by Crippen LogP contribution is -2.47. The second kappa shape index (κ2) is 8.91. The molecule has 28 heavy (non-hydrogen) atoms. The first-order valence-corrected chi connectivity index (χ1v) is 9.81. The summed E-state index contributed by atoms with van der Waals surface area (Å²) in [6.07, 6.45) is 1.52. The maximum atomic E-state index is 12.6. The molecule has 1 aliphatic heterocycles. The average molecular weight is 384 g/mol. The van der Waals surface area contributed by atoms with Crippen molar-refractivity contribution in [3.8, 4) is 5.69 Å². The van der Waals surface area contributed by atoms with Gasteiger partial charge in [0.1, 0.15) is 0 Å². The number of hydrogen-bond acceptors (Lipinski definition) is 4. The van der Waals surface area contributed by atoms with E-state index in [1.165, 1.54) is 0 Å². The fourth-order valence-corrected chi connectivity index (χ4v) is 3.61. The fraction of sp³-hybridized carbons (Fsp3) is 0.476. The Balaban J connectivity index is 1.58. The van der Waals surface area contributed by atoms with Crippen molar-refractivity contribution < 1.29 is 14.3 Å². The van der Waals surface area contributed by atoms with Gasteiger partial charge < -0.3 is 15.0 Å². The van der Waals surface area contributed by atoms with Crippen LogP contribution in [0.2, 0.25) is 0 Å². The molecule has 0 atom stereocenters. The molecule has 3 rings (SSSR count). The smallest absolute Gasteiger partial charge is 0.409 e. The molecule has 1 aromatic carbocycles. The van der Waals surface area contributed by atoms with Gasteiger partial charge in [-0.15, -0.1) is 0 Å². The predicted molar refractivity (Wildman–Crippen MR) is 107 cm³/mol. The van der Waals surface area contributed by atoms with Crippen molar-refractivity contribution in [3.05, 3.63) is 47.3 Å². The van der Waals surface area contributed by atoms with Crippen LogP contribution in [0.15, 0.2) is 30.3 Å². The number of aryl methyl sites for hydroxylation is 1. The lowest BCUT2D eigenvalue weighted by molar-refractivity contribution is -0.121. The van der Waals surface area contributed by atoms with Crippen LogP contribution in [-0.2, 0) is 16.0 Å². The minimum absolute atomic E-state index is 0.00611. The van der Waals surface area contributed by atoms with Gasteiger partial charge in [-0.05, 0) is 45.7 Å². The molecule has 0 radical (unpaired) electrons. The molecule has 0 saturated carbocycles. The number of piperidine rings is 1. The van der Waals surface area contributed by atoms with Crippen LogP contribution in [-0.4, -0.2) is 52.4 Å². The highest BCUT2D eigenvalue weighted by molar-refractivity contribution is 5.79. The van der Waals surface area contributed by atoms with Crippen molar-refractivity contribution in [1.82, 2.24) is 20.0 Å². The Labute approximate surface area is 165 Å². The van der Waals surface area contributed by atoms with E-state index in [2.05, 4.69) is 10.4 Å². The van der Waals surface area contributed by atoms with E-state index >= 15 is 0 Å². The second-order valence-electron chi connectivity index (χ2n) is 7.10. The molecule has 0 bridgehead atoms. The zero-order valence-electron chi connectivity index (χ0n) is 16.8. The largest absolute Gasteiger partial charge is 0.450 e. The van der Waals surface area contributed by atoms with Crippen LogP contribution in [0.5, 0.6) is 0 Å². The first-order valence-electron chi connectivity index (χ1n) is 9.81. The van der Waals surface area contributed by atoms with Crippen LogP contribution in [0.3, 0.4) is 0 Å². The molecule has 1 saturated heterocycles. The molecule has 1 fully saturated rings. The highest BCUT2D eigenvalue weighted by Gasteiger charge is 2.25. The van der Waals surface area contributed by atoms with Gasteiger partial charge in [0.2, 0.25) is 5.91 Å². The highest BCUT2D eigenvalue weighted by Crippen LogP contribution is 2.19. The zero-order chi connectivity index (χ0) is 20.1. The van der Waals surface area contributed by atoms with Crippen molar-refractivity contribution in [3.63, 3.8) is 0 Å². The number of nitrogens with one attached hydrogen (secondary N) is 1. The molecule has 1 aliphatic rings. The molecular formula is C21H28N4O3. The Hall–Kier alpha value is -2.83. The van der Waals surface area contributed by atoms with E-state index in [1.807, 2.05) is 48.9 Å². The number of rotatable bonds is 5. The SMILES string of the molecule is CCOC(=O)N1CCC(NC(=O)Cc2c(C)nn(-c3ccccc3)c2C)CC1. The van der Waals surface area contributed by atoms with Crippen LogP contribution >= 0.6 is 0 Å². The summed E-state index contributed by atoms with van der Waals surface area (Å²) in [5.74, 6) is -0.00611. The van der Waals surface area contributed by atoms with E-state index in [0.29, 0.717) is 26.1 Å². The Morgan fingerprint density at radius 1 is 1.18 bits per heavy atom. The Kier molecular flexibility index (Phi) is 6.34. The number of likely N-dealkylation sites (tertiary alicyclic amines) is 1. The third kappa shape index (κ3) is 4.52. The van der Waals surface area contributed by atoms with Gasteiger partial charge in [0.05, 0.1) is 24.4 Å². The fourth-order valence-electron chi connectivity index (χ4n) is 3.61. The van der Waals surface area contributed by atoms with Gasteiger partial charge in [-0.1, -0.05) is 18.2 Å². The Morgan fingerprint density at radius 2 is 1.86 bits per heavy atom. The second-order valence-corrected chi connectivity index (χ2v) is 7.10. The summed E-state index contributed by atoms with van der Waals surface area (Å²) < 4.78 is 6.92. The molecular weight excluding hydrogens is 356 g/mol. The third-order valence-corrected chi connectivity index (χ3v) is 5.17. The van der Waals surface area contributed by atoms with E-state index in [9.17, 15) is 9.59 Å². The van der Waals surface area contributed by atoms with Gasteiger partial charge >= 0.3 is 6.09 Å². The van der Waals surface area contributed by atoms with Crippen molar-refractivity contribution in [2.24, 2.45) is 0 Å². The molecule has 7 nitrogen and oxygen atoms in total. The van der Waals surface area contributed by atoms with Crippen LogP contribution in [0.1, 0.15) is 36.7 Å². The van der Waals surface area contributed by atoms with Crippen LogP contribution in [0, 0.1) is 13.8 Å². The van der Waals surface area contributed by atoms with Crippen molar-refractivity contribution in [2.45, 2.75) is 46.1 Å². The van der Waals surface area contributed by atoms with E-state index in [4.69, 9.17) is 4.74 Å². The maximum Gasteiger partial charge on any atom is 0.409 e. The van der Waals surface area contributed by atoms with Crippen molar-refractivity contribution in [1.29, 1.82) is 0 Å². The number of carbonyl (C=O) groups is 2. The normalized spacial score (nSPS) is 14.8. The Morgan fingerprint density at radius 3 is 2.50 bits per heavy atom. The van der Waals surface area contributed by atoms with Crippen molar-refractivity contribution >= 4 is 12.0 Å². The first kappa shape index (κ1) is 19.9. The van der Waals surface area contributed by atoms with E-state index in [0.717, 1.165) is 35.5 Å². The van der Waals surface area contributed by atoms with Crippen LogP contribution in [0.4, 0.5) is 4.79 Å². The molecule has 1 aromatic heterocycles. The van der Waals surface area contributed by atoms with E-state index in [-0.39, 0.29) is 18.0 Å². The van der Waals surface area contributed by atoms with Gasteiger partial charge in [-0.2, -0.15) is 5.10 Å². The Bertz CT molecular complexity index is 824. The number of benzene rings is 1. The van der Waals surface area contributed by atoms with Gasteiger partial charge in [-0.3, -0.25) is 4.79 Å². The summed E-state index contributed by atoms with van der Waals surface area (Å²) in [5.41, 5.74) is 3.80. The summed E-state index contributed by atoms with van der Waals surface area (Å²) in [6, 6.07) is 10.0. The maximum absolute atomic E-state index is 12.6. The molecule has 1 N–H and O–H groups in total. The number of hydrogen-bond donors (Lipinski definition) is 1. The zero-order valence-corrected chi connectivity index (χ0v) is 16.8.